The lowest BCUT2D eigenvalue weighted by Crippen LogP contribution is -2.04. The van der Waals surface area contributed by atoms with E-state index in [1.807, 2.05) is 0 Å². The Morgan fingerprint density at radius 2 is 1.43 bits per heavy atom. The fourth-order valence-electron chi connectivity index (χ4n) is 2.00. The van der Waals surface area contributed by atoms with Crippen molar-refractivity contribution in [3.05, 3.63) is 66.7 Å². The van der Waals surface area contributed by atoms with Crippen molar-refractivity contribution in [3.8, 4) is 22.5 Å². The van der Waals surface area contributed by atoms with Gasteiger partial charge in [0.15, 0.2) is 5.82 Å². The van der Waals surface area contributed by atoms with Crippen LogP contribution in [0.15, 0.2) is 61.2 Å². The van der Waals surface area contributed by atoms with Crippen molar-refractivity contribution < 1.29 is 13.2 Å². The van der Waals surface area contributed by atoms with E-state index >= 15 is 0 Å². The molecule has 23 heavy (non-hydrogen) atoms. The zero-order chi connectivity index (χ0) is 15.6. The first-order valence-electron chi connectivity index (χ1n) is 6.44. The van der Waals surface area contributed by atoms with Crippen LogP contribution in [0.25, 0.3) is 22.5 Å². The summed E-state index contributed by atoms with van der Waals surface area (Å²) in [5.41, 5.74) is 1.06. The van der Waals surface area contributed by atoms with Gasteiger partial charge in [-0.2, -0.15) is 13.2 Å². The third-order valence-electron chi connectivity index (χ3n) is 3.11. The quantitative estimate of drug-likeness (QED) is 0.683. The van der Waals surface area contributed by atoms with Gasteiger partial charge < -0.3 is 0 Å². The number of pyridine rings is 1. The van der Waals surface area contributed by atoms with Crippen LogP contribution in [0.2, 0.25) is 0 Å². The standard InChI is InChI=1S/C16H10F3N3.ClH/c17-16(18,19)14-3-1-2-12(8-14)13-9-21-15(22-10-13)11-4-6-20-7-5-11;/h1-10H;1H. The molecule has 2 heterocycles. The molecule has 0 radical (unpaired) electrons. The van der Waals surface area contributed by atoms with Gasteiger partial charge >= 0.3 is 6.18 Å². The average molecular weight is 338 g/mol. The minimum atomic E-state index is -4.37. The van der Waals surface area contributed by atoms with Gasteiger partial charge in [-0.15, -0.1) is 12.4 Å². The fraction of sp³-hybridized carbons (Fsp3) is 0.0625. The Kier molecular flexibility index (Phi) is 4.95. The molecule has 3 rings (SSSR count). The summed E-state index contributed by atoms with van der Waals surface area (Å²) >= 11 is 0. The highest BCUT2D eigenvalue weighted by molar-refractivity contribution is 5.85. The zero-order valence-corrected chi connectivity index (χ0v) is 12.5. The Bertz CT molecular complexity index is 775. The SMILES string of the molecule is Cl.FC(F)(F)c1cccc(-c2cnc(-c3ccncc3)nc2)c1. The third kappa shape index (κ3) is 3.84. The summed E-state index contributed by atoms with van der Waals surface area (Å²) in [7, 11) is 0. The van der Waals surface area contributed by atoms with E-state index in [1.54, 1.807) is 30.6 Å². The largest absolute Gasteiger partial charge is 0.416 e. The van der Waals surface area contributed by atoms with E-state index in [2.05, 4.69) is 15.0 Å². The van der Waals surface area contributed by atoms with Gasteiger partial charge in [0.25, 0.3) is 0 Å². The van der Waals surface area contributed by atoms with Crippen LogP contribution in [-0.2, 0) is 6.18 Å². The lowest BCUT2D eigenvalue weighted by Gasteiger charge is -2.08. The van der Waals surface area contributed by atoms with Gasteiger partial charge in [-0.3, -0.25) is 4.98 Å². The first kappa shape index (κ1) is 16.9. The number of nitrogens with zero attached hydrogens (tertiary/aromatic N) is 3. The molecule has 0 aliphatic carbocycles. The summed E-state index contributed by atoms with van der Waals surface area (Å²) in [6.07, 6.45) is 1.91. The van der Waals surface area contributed by atoms with Crippen molar-refractivity contribution in [2.45, 2.75) is 6.18 Å². The molecule has 7 heteroatoms. The molecular weight excluding hydrogens is 327 g/mol. The molecule has 0 atom stereocenters. The van der Waals surface area contributed by atoms with Crippen molar-refractivity contribution in [1.82, 2.24) is 15.0 Å². The monoisotopic (exact) mass is 337 g/mol. The number of rotatable bonds is 2. The van der Waals surface area contributed by atoms with Crippen LogP contribution >= 0.6 is 12.4 Å². The first-order valence-corrected chi connectivity index (χ1v) is 6.44. The molecule has 0 amide bonds. The van der Waals surface area contributed by atoms with Crippen LogP contribution in [0.1, 0.15) is 5.56 Å². The van der Waals surface area contributed by atoms with Gasteiger partial charge in [0, 0.05) is 35.9 Å². The molecule has 0 unspecified atom stereocenters. The minimum absolute atomic E-state index is 0. The Morgan fingerprint density at radius 3 is 2.04 bits per heavy atom. The highest BCUT2D eigenvalue weighted by atomic mass is 35.5. The van der Waals surface area contributed by atoms with E-state index in [4.69, 9.17) is 0 Å². The molecule has 0 saturated carbocycles. The Labute approximate surface area is 136 Å². The van der Waals surface area contributed by atoms with E-state index < -0.39 is 11.7 Å². The number of hydrogen-bond acceptors (Lipinski definition) is 3. The van der Waals surface area contributed by atoms with Gasteiger partial charge in [-0.1, -0.05) is 12.1 Å². The molecule has 0 spiro atoms. The fourth-order valence-corrected chi connectivity index (χ4v) is 2.00. The Morgan fingerprint density at radius 1 is 0.783 bits per heavy atom. The van der Waals surface area contributed by atoms with Crippen LogP contribution in [0.5, 0.6) is 0 Å². The number of hydrogen-bond donors (Lipinski definition) is 0. The average Bonchev–Trinajstić information content (AvgIpc) is 2.55. The molecule has 118 valence electrons. The summed E-state index contributed by atoms with van der Waals surface area (Å²) in [4.78, 5) is 12.3. The third-order valence-corrected chi connectivity index (χ3v) is 3.11. The molecule has 0 aliphatic heterocycles. The molecule has 0 bridgehead atoms. The maximum atomic E-state index is 12.7. The van der Waals surface area contributed by atoms with Crippen LogP contribution in [-0.4, -0.2) is 15.0 Å². The second-order valence-electron chi connectivity index (χ2n) is 4.61. The molecule has 1 aromatic carbocycles. The molecule has 3 aromatic rings. The van der Waals surface area contributed by atoms with Gasteiger partial charge in [-0.25, -0.2) is 9.97 Å². The minimum Gasteiger partial charge on any atom is -0.265 e. The van der Waals surface area contributed by atoms with E-state index in [0.29, 0.717) is 17.0 Å². The van der Waals surface area contributed by atoms with Gasteiger partial charge in [0.05, 0.1) is 5.56 Å². The van der Waals surface area contributed by atoms with Gasteiger partial charge in [0.2, 0.25) is 0 Å². The highest BCUT2D eigenvalue weighted by Crippen LogP contribution is 2.32. The molecule has 0 saturated heterocycles. The summed E-state index contributed by atoms with van der Waals surface area (Å²) in [6.45, 7) is 0. The van der Waals surface area contributed by atoms with Gasteiger partial charge in [-0.05, 0) is 29.8 Å². The van der Waals surface area contributed by atoms with Crippen LogP contribution < -0.4 is 0 Å². The van der Waals surface area contributed by atoms with Crippen LogP contribution in [0.4, 0.5) is 13.2 Å². The number of alkyl halides is 3. The van der Waals surface area contributed by atoms with E-state index in [0.717, 1.165) is 17.7 Å². The lowest BCUT2D eigenvalue weighted by atomic mass is 10.1. The molecule has 0 aliphatic rings. The number of aromatic nitrogens is 3. The summed E-state index contributed by atoms with van der Waals surface area (Å²) < 4.78 is 38.2. The van der Waals surface area contributed by atoms with E-state index in [1.165, 1.54) is 18.5 Å². The van der Waals surface area contributed by atoms with Crippen LogP contribution in [0.3, 0.4) is 0 Å². The van der Waals surface area contributed by atoms with E-state index in [9.17, 15) is 13.2 Å². The van der Waals surface area contributed by atoms with Crippen molar-refractivity contribution in [3.63, 3.8) is 0 Å². The van der Waals surface area contributed by atoms with Crippen molar-refractivity contribution in [2.24, 2.45) is 0 Å². The highest BCUT2D eigenvalue weighted by Gasteiger charge is 2.30. The maximum Gasteiger partial charge on any atom is 0.416 e. The van der Waals surface area contributed by atoms with Crippen molar-refractivity contribution >= 4 is 12.4 Å². The summed E-state index contributed by atoms with van der Waals surface area (Å²) in [5, 5.41) is 0. The molecule has 0 fully saturated rings. The molecular formula is C16H11ClF3N3. The second kappa shape index (κ2) is 6.75. The Hall–Kier alpha value is -2.47. The molecule has 2 aromatic heterocycles. The smallest absolute Gasteiger partial charge is 0.265 e. The lowest BCUT2D eigenvalue weighted by molar-refractivity contribution is -0.137. The number of benzene rings is 1. The van der Waals surface area contributed by atoms with Crippen molar-refractivity contribution in [2.75, 3.05) is 0 Å². The topological polar surface area (TPSA) is 38.7 Å². The Balaban J connectivity index is 0.00000192. The first-order chi connectivity index (χ1) is 10.5. The molecule has 0 N–H and O–H groups in total. The predicted octanol–water partition coefficient (Wildman–Crippen LogP) is 4.65. The summed E-state index contributed by atoms with van der Waals surface area (Å²) in [6, 6.07) is 8.62. The maximum absolute atomic E-state index is 12.7. The van der Waals surface area contributed by atoms with E-state index in [-0.39, 0.29) is 12.4 Å². The number of halogens is 4. The van der Waals surface area contributed by atoms with Gasteiger partial charge in [0.1, 0.15) is 0 Å². The predicted molar refractivity (Wildman–Crippen MR) is 82.9 cm³/mol. The van der Waals surface area contributed by atoms with Crippen LogP contribution in [0, 0.1) is 0 Å². The normalized spacial score (nSPS) is 10.9. The molecule has 3 nitrogen and oxygen atoms in total. The van der Waals surface area contributed by atoms with Crippen molar-refractivity contribution in [1.29, 1.82) is 0 Å². The zero-order valence-electron chi connectivity index (χ0n) is 11.7. The summed E-state index contributed by atoms with van der Waals surface area (Å²) in [5.74, 6) is 0.498. The second-order valence-corrected chi connectivity index (χ2v) is 4.61.